The highest BCUT2D eigenvalue weighted by molar-refractivity contribution is 5.68. The topological polar surface area (TPSA) is 93.6 Å². The molecule has 0 radical (unpaired) electrons. The van der Waals surface area contributed by atoms with Gasteiger partial charge in [0.25, 0.3) is 0 Å². The minimum absolute atomic E-state index is 0.0793. The van der Waals surface area contributed by atoms with E-state index in [0.29, 0.717) is 25.6 Å². The Balaban J connectivity index is 3.91. The Morgan fingerprint density at radius 3 is 1.84 bits per heavy atom. The van der Waals surface area contributed by atoms with Gasteiger partial charge in [0.15, 0.2) is 0 Å². The molecule has 0 spiro atoms. The highest BCUT2D eigenvalue weighted by Crippen LogP contribution is 2.14. The van der Waals surface area contributed by atoms with Crippen molar-refractivity contribution < 1.29 is 9.53 Å². The molecule has 5 N–H and O–H groups in total. The lowest BCUT2D eigenvalue weighted by molar-refractivity contribution is -0.140. The number of hydrogen-bond acceptors (Lipinski definition) is 6. The summed E-state index contributed by atoms with van der Waals surface area (Å²) in [6.07, 6.45) is 18.5. The smallest absolute Gasteiger partial charge is 0.305 e. The standard InChI is InChI=1S/C25H54N4O2/c1-3-4-5-12-15-24(28-20-23-29(21-18-26)22-19-27)16-13-10-8-6-7-9-11-14-17-25(30)31-2/h24,28H,3-23,26-27H2,1-2H3. The van der Waals surface area contributed by atoms with E-state index in [1.807, 2.05) is 0 Å². The molecule has 0 aromatic heterocycles. The first-order chi connectivity index (χ1) is 15.2. The van der Waals surface area contributed by atoms with E-state index in [0.717, 1.165) is 39.0 Å². The molecular formula is C25H54N4O2. The van der Waals surface area contributed by atoms with Crippen LogP contribution in [0.5, 0.6) is 0 Å². The molecule has 0 bridgehead atoms. The van der Waals surface area contributed by atoms with E-state index in [2.05, 4.69) is 21.9 Å². The SMILES string of the molecule is CCCCCCC(CCCCCCCCCCC(=O)OC)NCCN(CCN)CCN. The molecule has 0 heterocycles. The number of carbonyl (C=O) groups excluding carboxylic acids is 1. The first-order valence-electron chi connectivity index (χ1n) is 13.1. The summed E-state index contributed by atoms with van der Waals surface area (Å²) in [7, 11) is 1.46. The maximum Gasteiger partial charge on any atom is 0.305 e. The number of nitrogens with one attached hydrogen (secondary N) is 1. The van der Waals surface area contributed by atoms with Crippen LogP contribution in [0.4, 0.5) is 0 Å². The Morgan fingerprint density at radius 1 is 0.806 bits per heavy atom. The fourth-order valence-electron chi connectivity index (χ4n) is 4.12. The van der Waals surface area contributed by atoms with Gasteiger partial charge in [0.1, 0.15) is 0 Å². The lowest BCUT2D eigenvalue weighted by Crippen LogP contribution is -2.41. The molecule has 0 fully saturated rings. The first-order valence-corrected chi connectivity index (χ1v) is 13.1. The Labute approximate surface area is 193 Å². The molecular weight excluding hydrogens is 388 g/mol. The quantitative estimate of drug-likeness (QED) is 0.153. The van der Waals surface area contributed by atoms with Crippen LogP contribution in [0.2, 0.25) is 0 Å². The maximum absolute atomic E-state index is 11.1. The average molecular weight is 443 g/mol. The van der Waals surface area contributed by atoms with Crippen molar-refractivity contribution in [3.63, 3.8) is 0 Å². The number of rotatable bonds is 24. The summed E-state index contributed by atoms with van der Waals surface area (Å²) in [5.41, 5.74) is 11.4. The summed E-state index contributed by atoms with van der Waals surface area (Å²) in [4.78, 5) is 13.5. The van der Waals surface area contributed by atoms with Gasteiger partial charge in [-0.1, -0.05) is 77.6 Å². The number of carbonyl (C=O) groups is 1. The van der Waals surface area contributed by atoms with Crippen LogP contribution < -0.4 is 16.8 Å². The zero-order chi connectivity index (χ0) is 23.0. The van der Waals surface area contributed by atoms with Crippen molar-refractivity contribution in [3.05, 3.63) is 0 Å². The number of ether oxygens (including phenoxy) is 1. The van der Waals surface area contributed by atoms with Crippen LogP contribution in [-0.2, 0) is 9.53 Å². The molecule has 186 valence electrons. The van der Waals surface area contributed by atoms with Gasteiger partial charge in [-0.3, -0.25) is 9.69 Å². The zero-order valence-corrected chi connectivity index (χ0v) is 20.8. The van der Waals surface area contributed by atoms with Gasteiger partial charge in [-0.25, -0.2) is 0 Å². The van der Waals surface area contributed by atoms with Gasteiger partial charge in [0.05, 0.1) is 7.11 Å². The Hall–Kier alpha value is -0.690. The van der Waals surface area contributed by atoms with Crippen molar-refractivity contribution in [2.24, 2.45) is 11.5 Å². The van der Waals surface area contributed by atoms with Crippen LogP contribution >= 0.6 is 0 Å². The summed E-state index contributed by atoms with van der Waals surface area (Å²) in [6, 6.07) is 0.646. The number of hydrogen-bond donors (Lipinski definition) is 3. The number of unbranched alkanes of at least 4 members (excludes halogenated alkanes) is 10. The van der Waals surface area contributed by atoms with Gasteiger partial charge in [-0.05, 0) is 19.3 Å². The van der Waals surface area contributed by atoms with Crippen molar-refractivity contribution in [2.45, 2.75) is 109 Å². The monoisotopic (exact) mass is 442 g/mol. The van der Waals surface area contributed by atoms with E-state index in [4.69, 9.17) is 11.5 Å². The number of esters is 1. The molecule has 0 aromatic carbocycles. The molecule has 0 aromatic rings. The van der Waals surface area contributed by atoms with Crippen LogP contribution in [0.15, 0.2) is 0 Å². The van der Waals surface area contributed by atoms with Gasteiger partial charge in [-0.2, -0.15) is 0 Å². The largest absolute Gasteiger partial charge is 0.469 e. The molecule has 6 nitrogen and oxygen atoms in total. The van der Waals surface area contributed by atoms with Crippen LogP contribution in [0.1, 0.15) is 103 Å². The molecule has 0 aliphatic heterocycles. The molecule has 0 aliphatic carbocycles. The van der Waals surface area contributed by atoms with Crippen LogP contribution in [-0.4, -0.2) is 63.3 Å². The summed E-state index contributed by atoms with van der Waals surface area (Å²) in [5, 5.41) is 3.82. The third-order valence-electron chi connectivity index (χ3n) is 6.07. The zero-order valence-electron chi connectivity index (χ0n) is 20.8. The number of nitrogens with zero attached hydrogens (tertiary/aromatic N) is 1. The molecule has 0 aliphatic rings. The molecule has 0 saturated carbocycles. The Bertz CT molecular complexity index is 377. The molecule has 31 heavy (non-hydrogen) atoms. The lowest BCUT2D eigenvalue weighted by Gasteiger charge is -2.24. The minimum atomic E-state index is -0.0793. The van der Waals surface area contributed by atoms with E-state index >= 15 is 0 Å². The number of nitrogens with two attached hydrogens (primary N) is 2. The number of methoxy groups -OCH3 is 1. The molecule has 0 amide bonds. The van der Waals surface area contributed by atoms with Gasteiger partial charge >= 0.3 is 5.97 Å². The van der Waals surface area contributed by atoms with Gasteiger partial charge in [0.2, 0.25) is 0 Å². The highest BCUT2D eigenvalue weighted by Gasteiger charge is 2.09. The van der Waals surface area contributed by atoms with E-state index in [1.54, 1.807) is 0 Å². The fourth-order valence-corrected chi connectivity index (χ4v) is 4.12. The predicted octanol–water partition coefficient (Wildman–Crippen LogP) is 4.21. The fraction of sp³-hybridized carbons (Fsp3) is 0.960. The Kier molecular flexibility index (Phi) is 23.4. The normalized spacial score (nSPS) is 12.4. The molecule has 0 saturated heterocycles. The maximum atomic E-state index is 11.1. The van der Waals surface area contributed by atoms with Crippen LogP contribution in [0.25, 0.3) is 0 Å². The van der Waals surface area contributed by atoms with Gasteiger partial charge in [0, 0.05) is 51.7 Å². The van der Waals surface area contributed by atoms with Crippen molar-refractivity contribution in [2.75, 3.05) is 46.4 Å². The van der Waals surface area contributed by atoms with Crippen molar-refractivity contribution in [1.82, 2.24) is 10.2 Å². The molecule has 0 rings (SSSR count). The summed E-state index contributed by atoms with van der Waals surface area (Å²) in [5.74, 6) is -0.0793. The van der Waals surface area contributed by atoms with E-state index < -0.39 is 0 Å². The van der Waals surface area contributed by atoms with Gasteiger partial charge < -0.3 is 21.5 Å². The van der Waals surface area contributed by atoms with E-state index in [-0.39, 0.29) is 5.97 Å². The summed E-state index contributed by atoms with van der Waals surface area (Å²) >= 11 is 0. The Morgan fingerprint density at radius 2 is 1.32 bits per heavy atom. The highest BCUT2D eigenvalue weighted by atomic mass is 16.5. The first kappa shape index (κ1) is 30.3. The second-order valence-corrected chi connectivity index (χ2v) is 8.86. The van der Waals surface area contributed by atoms with E-state index in [1.165, 1.54) is 84.2 Å². The minimum Gasteiger partial charge on any atom is -0.469 e. The molecule has 6 heteroatoms. The van der Waals surface area contributed by atoms with Crippen molar-refractivity contribution >= 4 is 5.97 Å². The molecule has 1 unspecified atom stereocenters. The molecule has 1 atom stereocenters. The summed E-state index contributed by atoms with van der Waals surface area (Å²) in [6.45, 7) is 7.61. The van der Waals surface area contributed by atoms with Gasteiger partial charge in [-0.15, -0.1) is 0 Å². The van der Waals surface area contributed by atoms with Crippen molar-refractivity contribution in [1.29, 1.82) is 0 Å². The van der Waals surface area contributed by atoms with Crippen LogP contribution in [0.3, 0.4) is 0 Å². The average Bonchev–Trinajstić information content (AvgIpc) is 2.77. The second kappa shape index (κ2) is 24.0. The van der Waals surface area contributed by atoms with Crippen molar-refractivity contribution in [3.8, 4) is 0 Å². The van der Waals surface area contributed by atoms with Crippen LogP contribution in [0, 0.1) is 0 Å². The summed E-state index contributed by atoms with van der Waals surface area (Å²) < 4.78 is 4.68. The lowest BCUT2D eigenvalue weighted by atomic mass is 10.00. The second-order valence-electron chi connectivity index (χ2n) is 8.86. The van der Waals surface area contributed by atoms with E-state index in [9.17, 15) is 4.79 Å². The third kappa shape index (κ3) is 20.9. The predicted molar refractivity (Wildman–Crippen MR) is 133 cm³/mol. The third-order valence-corrected chi connectivity index (χ3v) is 6.07.